The molecule has 0 radical (unpaired) electrons. The van der Waals surface area contributed by atoms with Gasteiger partial charge in [0, 0.05) is 26.0 Å². The number of rotatable bonds is 5. The quantitative estimate of drug-likeness (QED) is 0.583. The van der Waals surface area contributed by atoms with Crippen LogP contribution in [-0.4, -0.2) is 33.6 Å². The Morgan fingerprint density at radius 3 is 2.59 bits per heavy atom. The van der Waals surface area contributed by atoms with Gasteiger partial charge in [-0.2, -0.15) is 4.98 Å². The van der Waals surface area contributed by atoms with E-state index in [-0.39, 0.29) is 6.04 Å². The molecule has 2 aromatic heterocycles. The highest BCUT2D eigenvalue weighted by atomic mass is 15.2. The summed E-state index contributed by atoms with van der Waals surface area (Å²) in [4.78, 5) is 15.6. The van der Waals surface area contributed by atoms with Crippen molar-refractivity contribution in [2.45, 2.75) is 13.0 Å². The van der Waals surface area contributed by atoms with Gasteiger partial charge >= 0.3 is 0 Å². The van der Waals surface area contributed by atoms with Crippen molar-refractivity contribution in [2.75, 3.05) is 24.3 Å². The molecular formula is C21H22N6. The fraction of sp³-hybridized carbons (Fsp3) is 0.190. The molecule has 0 spiro atoms. The summed E-state index contributed by atoms with van der Waals surface area (Å²) in [5.74, 6) is 1.38. The van der Waals surface area contributed by atoms with E-state index in [1.54, 1.807) is 12.5 Å². The molecule has 0 saturated carbocycles. The maximum absolute atomic E-state index is 4.68. The fourth-order valence-corrected chi connectivity index (χ4v) is 3.03. The van der Waals surface area contributed by atoms with E-state index in [0.717, 1.165) is 22.5 Å². The van der Waals surface area contributed by atoms with Gasteiger partial charge in [-0.1, -0.05) is 30.3 Å². The lowest BCUT2D eigenvalue weighted by Crippen LogP contribution is -2.10. The molecule has 27 heavy (non-hydrogen) atoms. The molecule has 0 aliphatic carbocycles. The fourth-order valence-electron chi connectivity index (χ4n) is 3.03. The van der Waals surface area contributed by atoms with Crippen LogP contribution in [0.3, 0.4) is 0 Å². The lowest BCUT2D eigenvalue weighted by molar-refractivity contribution is 0.854. The van der Waals surface area contributed by atoms with E-state index in [9.17, 15) is 0 Å². The molecule has 0 saturated heterocycles. The first kappa shape index (κ1) is 17.0. The van der Waals surface area contributed by atoms with Gasteiger partial charge in [-0.25, -0.2) is 9.97 Å². The van der Waals surface area contributed by atoms with Gasteiger partial charge in [0.15, 0.2) is 0 Å². The minimum atomic E-state index is 0.114. The summed E-state index contributed by atoms with van der Waals surface area (Å²) in [6, 6.07) is 18.5. The van der Waals surface area contributed by atoms with Crippen LogP contribution in [0.15, 0.2) is 67.1 Å². The van der Waals surface area contributed by atoms with Crippen LogP contribution in [0.1, 0.15) is 18.5 Å². The first-order chi connectivity index (χ1) is 13.1. The normalized spacial score (nSPS) is 12.1. The molecule has 4 rings (SSSR count). The Labute approximate surface area is 158 Å². The smallest absolute Gasteiger partial charge is 0.225 e. The number of fused-ring (bicyclic) bond motifs is 1. The van der Waals surface area contributed by atoms with Gasteiger partial charge in [0.2, 0.25) is 5.95 Å². The van der Waals surface area contributed by atoms with E-state index in [1.165, 1.54) is 5.56 Å². The van der Waals surface area contributed by atoms with Crippen LogP contribution in [0.2, 0.25) is 0 Å². The van der Waals surface area contributed by atoms with E-state index >= 15 is 0 Å². The number of aromatic nitrogens is 4. The van der Waals surface area contributed by atoms with Crippen LogP contribution in [-0.2, 0) is 0 Å². The molecule has 0 aliphatic heterocycles. The second kappa shape index (κ2) is 7.07. The third-order valence-electron chi connectivity index (χ3n) is 4.58. The molecule has 136 valence electrons. The van der Waals surface area contributed by atoms with Crippen molar-refractivity contribution in [2.24, 2.45) is 0 Å². The van der Waals surface area contributed by atoms with E-state index in [4.69, 9.17) is 0 Å². The SMILES string of the molecule is CC(Nc1nccc(-n2cnc3cc(N(C)C)ccc32)n1)c1ccccc1. The number of nitrogens with one attached hydrogen (secondary N) is 1. The van der Waals surface area contributed by atoms with Gasteiger partial charge in [-0.15, -0.1) is 0 Å². The van der Waals surface area contributed by atoms with Crippen LogP contribution in [0.4, 0.5) is 11.6 Å². The average molecular weight is 358 g/mol. The van der Waals surface area contributed by atoms with E-state index < -0.39 is 0 Å². The van der Waals surface area contributed by atoms with E-state index in [1.807, 2.05) is 42.9 Å². The van der Waals surface area contributed by atoms with Gasteiger partial charge in [0.25, 0.3) is 0 Å². The first-order valence-electron chi connectivity index (χ1n) is 8.91. The number of hydrogen-bond acceptors (Lipinski definition) is 5. The molecule has 6 nitrogen and oxygen atoms in total. The average Bonchev–Trinajstić information content (AvgIpc) is 3.12. The van der Waals surface area contributed by atoms with Gasteiger partial charge in [0.1, 0.15) is 12.1 Å². The molecule has 1 N–H and O–H groups in total. The highest BCUT2D eigenvalue weighted by molar-refractivity contribution is 5.81. The molecule has 1 atom stereocenters. The molecule has 0 aliphatic rings. The summed E-state index contributed by atoms with van der Waals surface area (Å²) >= 11 is 0. The van der Waals surface area contributed by atoms with Gasteiger partial charge in [0.05, 0.1) is 17.1 Å². The van der Waals surface area contributed by atoms with Crippen molar-refractivity contribution in [3.8, 4) is 5.82 Å². The van der Waals surface area contributed by atoms with Crippen LogP contribution in [0.5, 0.6) is 0 Å². The molecule has 0 fully saturated rings. The lowest BCUT2D eigenvalue weighted by atomic mass is 10.1. The summed E-state index contributed by atoms with van der Waals surface area (Å²) in [5, 5.41) is 3.37. The maximum Gasteiger partial charge on any atom is 0.225 e. The minimum absolute atomic E-state index is 0.114. The zero-order valence-electron chi connectivity index (χ0n) is 15.7. The Balaban J connectivity index is 1.64. The molecular weight excluding hydrogens is 336 g/mol. The van der Waals surface area contributed by atoms with E-state index in [0.29, 0.717) is 5.95 Å². The minimum Gasteiger partial charge on any atom is -0.378 e. The van der Waals surface area contributed by atoms with Crippen LogP contribution in [0.25, 0.3) is 16.9 Å². The Kier molecular flexibility index (Phi) is 4.46. The zero-order chi connectivity index (χ0) is 18.8. The first-order valence-corrected chi connectivity index (χ1v) is 8.91. The highest BCUT2D eigenvalue weighted by Gasteiger charge is 2.10. The van der Waals surface area contributed by atoms with Gasteiger partial charge in [-0.3, -0.25) is 4.57 Å². The molecule has 0 amide bonds. The van der Waals surface area contributed by atoms with Crippen molar-refractivity contribution in [1.29, 1.82) is 0 Å². The zero-order valence-corrected chi connectivity index (χ0v) is 15.7. The van der Waals surface area contributed by atoms with Crippen LogP contribution >= 0.6 is 0 Å². The van der Waals surface area contributed by atoms with Crippen LogP contribution in [0, 0.1) is 0 Å². The van der Waals surface area contributed by atoms with Crippen molar-refractivity contribution in [1.82, 2.24) is 19.5 Å². The molecule has 2 aromatic carbocycles. The number of hydrogen-bond donors (Lipinski definition) is 1. The Morgan fingerprint density at radius 2 is 1.81 bits per heavy atom. The standard InChI is InChI=1S/C21H22N6/c1-15(16-7-5-4-6-8-16)24-21-22-12-11-20(25-21)27-14-23-18-13-17(26(2)3)9-10-19(18)27/h4-15H,1-3H3,(H,22,24,25). The van der Waals surface area contributed by atoms with Crippen LogP contribution < -0.4 is 10.2 Å². The number of anilines is 2. The van der Waals surface area contributed by atoms with Crippen molar-refractivity contribution in [3.63, 3.8) is 0 Å². The molecule has 4 aromatic rings. The van der Waals surface area contributed by atoms with Crippen molar-refractivity contribution < 1.29 is 0 Å². The number of imidazole rings is 1. The Hall–Kier alpha value is -3.41. The van der Waals surface area contributed by atoms with Crippen molar-refractivity contribution in [3.05, 3.63) is 72.7 Å². The summed E-state index contributed by atoms with van der Waals surface area (Å²) in [7, 11) is 4.04. The predicted molar refractivity (Wildman–Crippen MR) is 109 cm³/mol. The van der Waals surface area contributed by atoms with Gasteiger partial charge < -0.3 is 10.2 Å². The monoisotopic (exact) mass is 358 g/mol. The van der Waals surface area contributed by atoms with Crippen molar-refractivity contribution >= 4 is 22.7 Å². The number of nitrogens with zero attached hydrogens (tertiary/aromatic N) is 5. The second-order valence-electron chi connectivity index (χ2n) is 6.70. The summed E-state index contributed by atoms with van der Waals surface area (Å²) < 4.78 is 1.98. The lowest BCUT2D eigenvalue weighted by Gasteiger charge is -2.15. The Bertz CT molecular complexity index is 1050. The molecule has 2 heterocycles. The van der Waals surface area contributed by atoms with Gasteiger partial charge in [-0.05, 0) is 36.8 Å². The number of benzene rings is 2. The molecule has 6 heteroatoms. The third kappa shape index (κ3) is 3.46. The topological polar surface area (TPSA) is 58.9 Å². The second-order valence-corrected chi connectivity index (χ2v) is 6.70. The Morgan fingerprint density at radius 1 is 1.00 bits per heavy atom. The summed E-state index contributed by atoms with van der Waals surface area (Å²) in [6.07, 6.45) is 3.57. The third-order valence-corrected chi connectivity index (χ3v) is 4.58. The maximum atomic E-state index is 4.68. The predicted octanol–water partition coefficient (Wildman–Crippen LogP) is 4.05. The molecule has 1 unspecified atom stereocenters. The largest absolute Gasteiger partial charge is 0.378 e. The van der Waals surface area contributed by atoms with E-state index in [2.05, 4.69) is 62.4 Å². The summed E-state index contributed by atoms with van der Waals surface area (Å²) in [5.41, 5.74) is 4.26. The molecule has 0 bridgehead atoms. The summed E-state index contributed by atoms with van der Waals surface area (Å²) in [6.45, 7) is 2.10. The highest BCUT2D eigenvalue weighted by Crippen LogP contribution is 2.23.